The van der Waals surface area contributed by atoms with Crippen molar-refractivity contribution in [2.75, 3.05) is 26.2 Å². The summed E-state index contributed by atoms with van der Waals surface area (Å²) in [6.45, 7) is 9.10. The highest BCUT2D eigenvalue weighted by molar-refractivity contribution is 9.11. The van der Waals surface area contributed by atoms with E-state index in [2.05, 4.69) is 74.1 Å². The van der Waals surface area contributed by atoms with E-state index in [9.17, 15) is 0 Å². The number of nitrogens with one attached hydrogen (secondary N) is 1. The third kappa shape index (κ3) is 5.67. The maximum absolute atomic E-state index is 3.73. The number of benzene rings is 1. The van der Waals surface area contributed by atoms with Gasteiger partial charge >= 0.3 is 0 Å². The van der Waals surface area contributed by atoms with E-state index in [1.54, 1.807) is 0 Å². The fourth-order valence-corrected chi connectivity index (χ4v) is 3.65. The monoisotopic (exact) mass is 460 g/mol. The lowest BCUT2D eigenvalue weighted by Gasteiger charge is -2.39. The Morgan fingerprint density at radius 2 is 1.81 bits per heavy atom. The number of hydrogen-bond acceptors (Lipinski definition) is 2. The van der Waals surface area contributed by atoms with Crippen LogP contribution in [0, 0.1) is 5.92 Å². The van der Waals surface area contributed by atoms with Crippen LogP contribution in [-0.4, -0.2) is 31.1 Å². The summed E-state index contributed by atoms with van der Waals surface area (Å²) < 4.78 is 2.38. The molecule has 0 saturated carbocycles. The van der Waals surface area contributed by atoms with Crippen LogP contribution < -0.4 is 5.32 Å². The molecule has 0 aliphatic carbocycles. The highest BCUT2D eigenvalue weighted by Gasteiger charge is 2.27. The summed E-state index contributed by atoms with van der Waals surface area (Å²) in [6.07, 6.45) is 1.20. The van der Waals surface area contributed by atoms with Gasteiger partial charge in [-0.3, -0.25) is 4.90 Å². The molecule has 122 valence electrons. The largest absolute Gasteiger partial charge is 0.314 e. The van der Waals surface area contributed by atoms with Crippen LogP contribution in [0.2, 0.25) is 0 Å². The minimum absolute atomic E-state index is 0. The van der Waals surface area contributed by atoms with Gasteiger partial charge < -0.3 is 5.32 Å². The van der Waals surface area contributed by atoms with E-state index in [-0.39, 0.29) is 24.8 Å². The van der Waals surface area contributed by atoms with Gasteiger partial charge in [-0.1, -0.05) is 52.1 Å². The van der Waals surface area contributed by atoms with E-state index in [0.717, 1.165) is 30.7 Å². The second kappa shape index (κ2) is 10.5. The van der Waals surface area contributed by atoms with Crippen LogP contribution in [0.3, 0.4) is 0 Å². The maximum atomic E-state index is 3.73. The van der Waals surface area contributed by atoms with E-state index < -0.39 is 0 Å². The van der Waals surface area contributed by atoms with Gasteiger partial charge in [0.25, 0.3) is 0 Å². The average Bonchev–Trinajstić information content (AvgIpc) is 2.44. The molecule has 2 atom stereocenters. The summed E-state index contributed by atoms with van der Waals surface area (Å²) in [6, 6.07) is 7.01. The lowest BCUT2D eigenvalue weighted by atomic mass is 9.90. The molecule has 1 saturated heterocycles. The van der Waals surface area contributed by atoms with Crippen molar-refractivity contribution in [3.63, 3.8) is 0 Å². The number of hydrogen-bond donors (Lipinski definition) is 1. The van der Waals surface area contributed by atoms with E-state index in [1.807, 2.05) is 0 Å². The minimum atomic E-state index is 0. The molecule has 2 nitrogen and oxygen atoms in total. The first-order valence-corrected chi connectivity index (χ1v) is 8.61. The molecule has 1 aliphatic heterocycles. The van der Waals surface area contributed by atoms with Crippen molar-refractivity contribution in [3.05, 3.63) is 32.7 Å². The number of nitrogens with zero attached hydrogens (tertiary/aromatic N) is 1. The molecule has 1 heterocycles. The highest BCUT2D eigenvalue weighted by atomic mass is 79.9. The van der Waals surface area contributed by atoms with Crippen LogP contribution in [0.5, 0.6) is 0 Å². The van der Waals surface area contributed by atoms with Crippen molar-refractivity contribution in [1.29, 1.82) is 0 Å². The van der Waals surface area contributed by atoms with E-state index in [1.165, 1.54) is 16.5 Å². The van der Waals surface area contributed by atoms with Crippen molar-refractivity contribution >= 4 is 56.7 Å². The molecule has 0 spiro atoms. The molecular weight excluding hydrogens is 439 g/mol. The van der Waals surface area contributed by atoms with Gasteiger partial charge in [-0.2, -0.15) is 0 Å². The van der Waals surface area contributed by atoms with Crippen LogP contribution in [-0.2, 0) is 0 Å². The topological polar surface area (TPSA) is 15.3 Å². The molecule has 1 unspecified atom stereocenters. The van der Waals surface area contributed by atoms with Gasteiger partial charge in [-0.05, 0) is 29.7 Å². The molecule has 0 radical (unpaired) electrons. The van der Waals surface area contributed by atoms with E-state index in [4.69, 9.17) is 0 Å². The molecule has 1 fully saturated rings. The summed E-state index contributed by atoms with van der Waals surface area (Å²) in [5, 5.41) is 3.44. The average molecular weight is 463 g/mol. The molecular formula is C15H24Br2Cl2N2. The number of rotatable bonds is 4. The fraction of sp³-hybridized carbons (Fsp3) is 0.600. The van der Waals surface area contributed by atoms with Crippen molar-refractivity contribution in [2.45, 2.75) is 26.3 Å². The molecule has 1 aliphatic rings. The Balaban J connectivity index is 0.00000200. The Hall–Kier alpha value is 0.680. The van der Waals surface area contributed by atoms with Gasteiger partial charge in [-0.25, -0.2) is 0 Å². The molecule has 1 N–H and O–H groups in total. The molecule has 0 amide bonds. The first-order chi connectivity index (χ1) is 9.13. The Labute approximate surface area is 157 Å². The van der Waals surface area contributed by atoms with E-state index in [0.29, 0.717) is 12.0 Å². The van der Waals surface area contributed by atoms with Crippen molar-refractivity contribution in [3.8, 4) is 0 Å². The number of halogens is 4. The van der Waals surface area contributed by atoms with Gasteiger partial charge in [0, 0.05) is 41.2 Å². The van der Waals surface area contributed by atoms with Gasteiger partial charge in [0.1, 0.15) is 0 Å². The van der Waals surface area contributed by atoms with Crippen molar-refractivity contribution in [1.82, 2.24) is 10.2 Å². The van der Waals surface area contributed by atoms with E-state index >= 15 is 0 Å². The zero-order valence-corrected chi connectivity index (χ0v) is 17.2. The second-order valence-corrected chi connectivity index (χ2v) is 7.05. The molecule has 1 aromatic carbocycles. The van der Waals surface area contributed by atoms with Crippen LogP contribution in [0.1, 0.15) is 31.9 Å². The van der Waals surface area contributed by atoms with Gasteiger partial charge in [0.05, 0.1) is 0 Å². The highest BCUT2D eigenvalue weighted by Crippen LogP contribution is 2.36. The van der Waals surface area contributed by atoms with Crippen LogP contribution >= 0.6 is 56.7 Å². The summed E-state index contributed by atoms with van der Waals surface area (Å²) in [4.78, 5) is 2.62. The molecule has 1 aromatic rings. The summed E-state index contributed by atoms with van der Waals surface area (Å²) >= 11 is 7.34. The Morgan fingerprint density at radius 1 is 1.19 bits per heavy atom. The zero-order valence-electron chi connectivity index (χ0n) is 12.4. The third-order valence-corrected chi connectivity index (χ3v) is 5.22. The fourth-order valence-electron chi connectivity index (χ4n) is 2.79. The molecule has 0 bridgehead atoms. The Bertz CT molecular complexity index is 426. The lowest BCUT2D eigenvalue weighted by molar-refractivity contribution is 0.128. The van der Waals surface area contributed by atoms with Crippen LogP contribution in [0.15, 0.2) is 27.1 Å². The lowest BCUT2D eigenvalue weighted by Crippen LogP contribution is -2.46. The van der Waals surface area contributed by atoms with Crippen molar-refractivity contribution in [2.24, 2.45) is 5.92 Å². The Morgan fingerprint density at radius 3 is 2.38 bits per heavy atom. The maximum Gasteiger partial charge on any atom is 0.0386 e. The Kier molecular flexibility index (Phi) is 10.8. The third-order valence-electron chi connectivity index (χ3n) is 4.00. The number of piperazine rings is 1. The predicted molar refractivity (Wildman–Crippen MR) is 103 cm³/mol. The minimum Gasteiger partial charge on any atom is -0.314 e. The van der Waals surface area contributed by atoms with Gasteiger partial charge in [-0.15, -0.1) is 24.8 Å². The molecule has 0 aromatic heterocycles. The standard InChI is InChI=1S/C15H22Br2N2.2ClH/c1-3-11(2)15(19-8-6-18-7-9-19)13-10-12(16)4-5-14(13)17;;/h4-5,10-11,15,18H,3,6-9H2,1-2H3;2*1H/t11?,15-;;/m0../s1. The summed E-state index contributed by atoms with van der Waals surface area (Å²) in [5.74, 6) is 0.656. The second-order valence-electron chi connectivity index (χ2n) is 5.28. The predicted octanol–water partition coefficient (Wildman–Crippen LogP) is 5.05. The SMILES string of the molecule is CCC(C)[C@@H](c1cc(Br)ccc1Br)N1CCNCC1.Cl.Cl. The van der Waals surface area contributed by atoms with Crippen LogP contribution in [0.4, 0.5) is 0 Å². The molecule has 2 rings (SSSR count). The summed E-state index contributed by atoms with van der Waals surface area (Å²) in [7, 11) is 0. The normalized spacial score (nSPS) is 18.3. The summed E-state index contributed by atoms with van der Waals surface area (Å²) in [5.41, 5.74) is 1.41. The molecule has 6 heteroatoms. The smallest absolute Gasteiger partial charge is 0.0386 e. The van der Waals surface area contributed by atoms with Crippen molar-refractivity contribution < 1.29 is 0 Å². The quantitative estimate of drug-likeness (QED) is 0.673. The van der Waals surface area contributed by atoms with Gasteiger partial charge in [0.2, 0.25) is 0 Å². The first-order valence-electron chi connectivity index (χ1n) is 7.03. The first kappa shape index (κ1) is 21.7. The van der Waals surface area contributed by atoms with Gasteiger partial charge in [0.15, 0.2) is 0 Å². The zero-order chi connectivity index (χ0) is 13.8. The van der Waals surface area contributed by atoms with Crippen LogP contribution in [0.25, 0.3) is 0 Å². The molecule has 21 heavy (non-hydrogen) atoms.